The van der Waals surface area contributed by atoms with Gasteiger partial charge in [-0.2, -0.15) is 0 Å². The van der Waals surface area contributed by atoms with Crippen molar-refractivity contribution in [3.05, 3.63) is 22.7 Å². The Kier molecular flexibility index (Phi) is 7.29. The Hall–Kier alpha value is -1.32. The predicted molar refractivity (Wildman–Crippen MR) is 133 cm³/mol. The number of carbonyl (C=O) groups is 1. The molecule has 1 amide bonds. The Morgan fingerprint density at radius 2 is 1.76 bits per heavy atom. The third-order valence-corrected chi connectivity index (χ3v) is 9.52. The molecule has 7 nitrogen and oxygen atoms in total. The molecule has 0 atom stereocenters. The highest BCUT2D eigenvalue weighted by molar-refractivity contribution is 9.10. The number of hydrogen-bond acceptors (Lipinski definition) is 6. The zero-order valence-corrected chi connectivity index (χ0v) is 22.9. The summed E-state index contributed by atoms with van der Waals surface area (Å²) in [6.45, 7) is 8.85. The van der Waals surface area contributed by atoms with E-state index < -0.39 is 15.4 Å². The normalized spacial score (nSPS) is 24.9. The highest BCUT2D eigenvalue weighted by atomic mass is 79.9. The van der Waals surface area contributed by atoms with Gasteiger partial charge in [0.2, 0.25) is 0 Å². The minimum atomic E-state index is -3.23. The molecule has 0 N–H and O–H groups in total. The number of ether oxygens (including phenoxy) is 3. The molecule has 2 saturated carbocycles. The summed E-state index contributed by atoms with van der Waals surface area (Å²) in [5.74, 6) is 0.740. The van der Waals surface area contributed by atoms with E-state index in [1.54, 1.807) is 25.1 Å². The molecular formula is C25H36BrNO6S. The van der Waals surface area contributed by atoms with Gasteiger partial charge in [-0.3, -0.25) is 0 Å². The Labute approximate surface area is 211 Å². The standard InChI is InChI=1S/C25H36BrNO6S/c1-5-34(29,30)20-6-7-22(21(26)14-20)32-18-12-17(13-18)31-19-15-25(16-19)8-10-27(11-9-25)23(28)33-24(2,3)4/h6-7,14,17-19H,5,8-13,15-16H2,1-4H3. The van der Waals surface area contributed by atoms with Crippen LogP contribution in [0.1, 0.15) is 66.2 Å². The first kappa shape index (κ1) is 25.8. The van der Waals surface area contributed by atoms with Crippen LogP contribution in [-0.2, 0) is 19.3 Å². The molecule has 190 valence electrons. The molecule has 0 bridgehead atoms. The molecule has 1 aromatic carbocycles. The Bertz CT molecular complexity index is 999. The maximum Gasteiger partial charge on any atom is 0.410 e. The Balaban J connectivity index is 1.16. The number of benzene rings is 1. The van der Waals surface area contributed by atoms with Crippen molar-refractivity contribution in [2.45, 2.75) is 95.0 Å². The smallest absolute Gasteiger partial charge is 0.410 e. The summed E-state index contributed by atoms with van der Waals surface area (Å²) >= 11 is 3.44. The third-order valence-electron chi connectivity index (χ3n) is 7.17. The van der Waals surface area contributed by atoms with Gasteiger partial charge in [0.15, 0.2) is 9.84 Å². The molecule has 1 heterocycles. The summed E-state index contributed by atoms with van der Waals surface area (Å²) in [6, 6.07) is 4.94. The minimum absolute atomic E-state index is 0.0751. The van der Waals surface area contributed by atoms with Gasteiger partial charge in [0.05, 0.1) is 27.3 Å². The van der Waals surface area contributed by atoms with Crippen LogP contribution < -0.4 is 4.74 Å². The van der Waals surface area contributed by atoms with Gasteiger partial charge in [-0.15, -0.1) is 0 Å². The highest BCUT2D eigenvalue weighted by Crippen LogP contribution is 2.51. The monoisotopic (exact) mass is 557 g/mol. The van der Waals surface area contributed by atoms with Crippen LogP contribution in [0.2, 0.25) is 0 Å². The van der Waals surface area contributed by atoms with E-state index in [0.717, 1.165) is 51.6 Å². The number of halogens is 1. The van der Waals surface area contributed by atoms with Gasteiger partial charge < -0.3 is 19.1 Å². The molecule has 0 unspecified atom stereocenters. The maximum absolute atomic E-state index is 12.3. The highest BCUT2D eigenvalue weighted by Gasteiger charge is 2.49. The van der Waals surface area contributed by atoms with Crippen molar-refractivity contribution in [1.82, 2.24) is 4.90 Å². The number of hydrogen-bond donors (Lipinski definition) is 0. The van der Waals surface area contributed by atoms with Crippen molar-refractivity contribution in [1.29, 1.82) is 0 Å². The van der Waals surface area contributed by atoms with Crippen LogP contribution >= 0.6 is 15.9 Å². The van der Waals surface area contributed by atoms with Gasteiger partial charge in [-0.25, -0.2) is 13.2 Å². The van der Waals surface area contributed by atoms with Crippen LogP contribution in [-0.4, -0.2) is 62.2 Å². The lowest BCUT2D eigenvalue weighted by molar-refractivity contribution is -0.165. The molecule has 1 saturated heterocycles. The molecule has 2 aliphatic carbocycles. The van der Waals surface area contributed by atoms with Crippen LogP contribution in [0, 0.1) is 5.41 Å². The van der Waals surface area contributed by atoms with Gasteiger partial charge in [-0.1, -0.05) is 6.92 Å². The molecule has 3 aliphatic rings. The van der Waals surface area contributed by atoms with Gasteiger partial charge in [-0.05, 0) is 86.0 Å². The van der Waals surface area contributed by atoms with Crippen LogP contribution in [0.3, 0.4) is 0 Å². The second-order valence-corrected chi connectivity index (χ2v) is 14.1. The van der Waals surface area contributed by atoms with Crippen LogP contribution in [0.25, 0.3) is 0 Å². The van der Waals surface area contributed by atoms with Crippen molar-refractivity contribution in [2.75, 3.05) is 18.8 Å². The molecule has 34 heavy (non-hydrogen) atoms. The molecule has 3 fully saturated rings. The van der Waals surface area contributed by atoms with E-state index in [9.17, 15) is 13.2 Å². The number of carbonyl (C=O) groups excluding carboxylic acids is 1. The minimum Gasteiger partial charge on any atom is -0.489 e. The fourth-order valence-corrected chi connectivity index (χ4v) is 6.54. The number of likely N-dealkylation sites (tertiary alicyclic amines) is 1. The van der Waals surface area contributed by atoms with E-state index in [2.05, 4.69) is 15.9 Å². The summed E-state index contributed by atoms with van der Waals surface area (Å²) < 4.78 is 42.6. The van der Waals surface area contributed by atoms with Gasteiger partial charge in [0.1, 0.15) is 17.5 Å². The molecular weight excluding hydrogens is 522 g/mol. The van der Waals surface area contributed by atoms with Crippen molar-refractivity contribution in [3.63, 3.8) is 0 Å². The molecule has 1 aromatic rings. The average molecular weight is 559 g/mol. The predicted octanol–water partition coefficient (Wildman–Crippen LogP) is 5.35. The van der Waals surface area contributed by atoms with E-state index in [4.69, 9.17) is 14.2 Å². The number of amides is 1. The summed E-state index contributed by atoms with van der Waals surface area (Å²) in [5.41, 5.74) is -0.143. The number of nitrogens with zero attached hydrogens (tertiary/aromatic N) is 1. The topological polar surface area (TPSA) is 82.1 Å². The van der Waals surface area contributed by atoms with Crippen molar-refractivity contribution in [3.8, 4) is 5.75 Å². The maximum atomic E-state index is 12.3. The van der Waals surface area contributed by atoms with Crippen molar-refractivity contribution >= 4 is 31.9 Å². The van der Waals surface area contributed by atoms with Crippen molar-refractivity contribution < 1.29 is 27.4 Å². The third kappa shape index (κ3) is 5.90. The van der Waals surface area contributed by atoms with Crippen LogP contribution in [0.15, 0.2) is 27.6 Å². The lowest BCUT2D eigenvalue weighted by Gasteiger charge is -2.53. The fourth-order valence-electron chi connectivity index (χ4n) is 5.01. The van der Waals surface area contributed by atoms with Crippen molar-refractivity contribution in [2.24, 2.45) is 5.41 Å². The lowest BCUT2D eigenvalue weighted by Crippen LogP contribution is -2.53. The summed E-state index contributed by atoms with van der Waals surface area (Å²) in [5, 5.41) is 0. The second kappa shape index (κ2) is 9.62. The molecule has 4 rings (SSSR count). The van der Waals surface area contributed by atoms with E-state index in [0.29, 0.717) is 26.6 Å². The fraction of sp³-hybridized carbons (Fsp3) is 0.720. The van der Waals surface area contributed by atoms with Crippen LogP contribution in [0.5, 0.6) is 5.75 Å². The first-order valence-corrected chi connectivity index (χ1v) is 14.6. The molecule has 0 radical (unpaired) electrons. The Morgan fingerprint density at radius 1 is 1.12 bits per heavy atom. The van der Waals surface area contributed by atoms with E-state index >= 15 is 0 Å². The zero-order valence-electron chi connectivity index (χ0n) is 20.5. The SMILES string of the molecule is CCS(=O)(=O)c1ccc(OC2CC(OC3CC4(CCN(C(=O)OC(C)(C)C)CC4)C3)C2)c(Br)c1. The largest absolute Gasteiger partial charge is 0.489 e. The summed E-state index contributed by atoms with van der Waals surface area (Å²) in [4.78, 5) is 14.4. The van der Waals surface area contributed by atoms with E-state index in [-0.39, 0.29) is 24.1 Å². The van der Waals surface area contributed by atoms with E-state index in [1.807, 2.05) is 25.7 Å². The molecule has 1 aliphatic heterocycles. The summed E-state index contributed by atoms with van der Waals surface area (Å²) in [7, 11) is -3.23. The molecule has 9 heteroatoms. The summed E-state index contributed by atoms with van der Waals surface area (Å²) in [6.07, 6.45) is 6.24. The van der Waals surface area contributed by atoms with Crippen LogP contribution in [0.4, 0.5) is 4.79 Å². The first-order chi connectivity index (χ1) is 15.9. The number of piperidine rings is 1. The average Bonchev–Trinajstić information content (AvgIpc) is 2.71. The quantitative estimate of drug-likeness (QED) is 0.469. The zero-order chi connectivity index (χ0) is 24.7. The van der Waals surface area contributed by atoms with Gasteiger partial charge in [0.25, 0.3) is 0 Å². The Morgan fingerprint density at radius 3 is 2.32 bits per heavy atom. The number of sulfone groups is 1. The second-order valence-electron chi connectivity index (χ2n) is 11.0. The lowest BCUT2D eigenvalue weighted by atomic mass is 9.61. The van der Waals surface area contributed by atoms with Gasteiger partial charge in [0, 0.05) is 25.9 Å². The molecule has 0 aromatic heterocycles. The van der Waals surface area contributed by atoms with E-state index in [1.165, 1.54) is 0 Å². The first-order valence-electron chi connectivity index (χ1n) is 12.2. The number of rotatable bonds is 6. The van der Waals surface area contributed by atoms with Gasteiger partial charge >= 0.3 is 6.09 Å². The molecule has 1 spiro atoms.